The van der Waals surface area contributed by atoms with Crippen LogP contribution in [0.1, 0.15) is 39.0 Å². The molecule has 2 aliphatic rings. The zero-order chi connectivity index (χ0) is 11.4. The topological polar surface area (TPSA) is 38.5 Å². The fourth-order valence-corrected chi connectivity index (χ4v) is 3.11. The normalized spacial score (nSPS) is 30.0. The molecule has 0 spiro atoms. The van der Waals surface area contributed by atoms with Crippen LogP contribution in [0.5, 0.6) is 0 Å². The monoisotopic (exact) mass is 226 g/mol. The van der Waals surface area contributed by atoms with Crippen LogP contribution in [0.3, 0.4) is 0 Å². The summed E-state index contributed by atoms with van der Waals surface area (Å²) in [5, 5.41) is 0. The molecule has 1 aliphatic carbocycles. The van der Waals surface area contributed by atoms with E-state index in [1.807, 2.05) is 0 Å². The highest BCUT2D eigenvalue weighted by molar-refractivity contribution is 4.92. The van der Waals surface area contributed by atoms with Gasteiger partial charge < -0.3 is 15.4 Å². The van der Waals surface area contributed by atoms with E-state index in [1.54, 1.807) is 0 Å². The van der Waals surface area contributed by atoms with Crippen molar-refractivity contribution in [1.29, 1.82) is 0 Å². The molecule has 3 heteroatoms. The van der Waals surface area contributed by atoms with Gasteiger partial charge in [-0.15, -0.1) is 0 Å². The van der Waals surface area contributed by atoms with Crippen LogP contribution in [0.25, 0.3) is 0 Å². The van der Waals surface area contributed by atoms with Gasteiger partial charge in [-0.05, 0) is 51.1 Å². The Labute approximate surface area is 99.3 Å². The zero-order valence-corrected chi connectivity index (χ0v) is 10.6. The molecule has 2 fully saturated rings. The van der Waals surface area contributed by atoms with E-state index in [4.69, 9.17) is 10.5 Å². The third-order valence-electron chi connectivity index (χ3n) is 4.27. The maximum absolute atomic E-state index is 5.92. The molecule has 1 atom stereocenters. The third kappa shape index (κ3) is 2.76. The molecule has 16 heavy (non-hydrogen) atoms. The van der Waals surface area contributed by atoms with Crippen LogP contribution < -0.4 is 5.73 Å². The second kappa shape index (κ2) is 5.48. The first-order chi connectivity index (χ1) is 7.78. The molecule has 0 radical (unpaired) electrons. The summed E-state index contributed by atoms with van der Waals surface area (Å²) in [6.07, 6.45) is 7.03. The average Bonchev–Trinajstić information content (AvgIpc) is 2.25. The lowest BCUT2D eigenvalue weighted by atomic mass is 9.68. The molecule has 0 bridgehead atoms. The van der Waals surface area contributed by atoms with Crippen molar-refractivity contribution in [3.63, 3.8) is 0 Å². The van der Waals surface area contributed by atoms with Gasteiger partial charge in [-0.3, -0.25) is 0 Å². The van der Waals surface area contributed by atoms with E-state index in [1.165, 1.54) is 45.2 Å². The first kappa shape index (κ1) is 12.3. The highest BCUT2D eigenvalue weighted by atomic mass is 16.5. The van der Waals surface area contributed by atoms with Gasteiger partial charge in [0.05, 0.1) is 6.10 Å². The summed E-state index contributed by atoms with van der Waals surface area (Å²) in [6, 6.07) is 0. The largest absolute Gasteiger partial charge is 0.377 e. The summed E-state index contributed by atoms with van der Waals surface area (Å²) in [5.74, 6) is 0. The number of nitrogens with two attached hydrogens (primary N) is 1. The van der Waals surface area contributed by atoms with Gasteiger partial charge >= 0.3 is 0 Å². The van der Waals surface area contributed by atoms with Crippen LogP contribution >= 0.6 is 0 Å². The lowest BCUT2D eigenvalue weighted by Gasteiger charge is -2.46. The second-order valence-corrected chi connectivity index (χ2v) is 5.51. The lowest BCUT2D eigenvalue weighted by Crippen LogP contribution is -2.50. The fourth-order valence-electron chi connectivity index (χ4n) is 3.11. The minimum absolute atomic E-state index is 0.452. The Morgan fingerprint density at radius 3 is 2.75 bits per heavy atom. The molecule has 0 amide bonds. The Hall–Kier alpha value is -0.120. The molecule has 1 heterocycles. The summed E-state index contributed by atoms with van der Waals surface area (Å²) >= 11 is 0. The zero-order valence-electron chi connectivity index (χ0n) is 10.6. The predicted octanol–water partition coefficient (Wildman–Crippen LogP) is 1.62. The molecule has 1 aliphatic heterocycles. The Bertz CT molecular complexity index is 208. The van der Waals surface area contributed by atoms with Gasteiger partial charge in [0.2, 0.25) is 0 Å². The van der Waals surface area contributed by atoms with Gasteiger partial charge in [-0.25, -0.2) is 0 Å². The Kier molecular flexibility index (Phi) is 4.22. The first-order valence-corrected chi connectivity index (χ1v) is 6.82. The summed E-state index contributed by atoms with van der Waals surface area (Å²) < 4.78 is 5.74. The maximum Gasteiger partial charge on any atom is 0.0702 e. The Morgan fingerprint density at radius 2 is 2.19 bits per heavy atom. The van der Waals surface area contributed by atoms with Crippen LogP contribution in [0, 0.1) is 5.41 Å². The highest BCUT2D eigenvalue weighted by Gasteiger charge is 2.38. The van der Waals surface area contributed by atoms with E-state index in [0.717, 1.165) is 19.7 Å². The van der Waals surface area contributed by atoms with Gasteiger partial charge in [-0.2, -0.15) is 0 Å². The first-order valence-electron chi connectivity index (χ1n) is 6.82. The second-order valence-electron chi connectivity index (χ2n) is 5.51. The van der Waals surface area contributed by atoms with Gasteiger partial charge in [0.1, 0.15) is 0 Å². The molecule has 1 unspecified atom stereocenters. The molecule has 0 aromatic carbocycles. The molecule has 3 nitrogen and oxygen atoms in total. The van der Waals surface area contributed by atoms with Crippen molar-refractivity contribution < 1.29 is 4.74 Å². The molecule has 2 N–H and O–H groups in total. The number of hydrogen-bond acceptors (Lipinski definition) is 3. The molecule has 1 saturated carbocycles. The van der Waals surface area contributed by atoms with Crippen LogP contribution in [0.2, 0.25) is 0 Å². The number of piperidine rings is 1. The lowest BCUT2D eigenvalue weighted by molar-refractivity contribution is -0.0177. The molecular formula is C13H26N2O. The van der Waals surface area contributed by atoms with E-state index in [0.29, 0.717) is 11.5 Å². The van der Waals surface area contributed by atoms with Crippen LogP contribution in [0.4, 0.5) is 0 Å². The van der Waals surface area contributed by atoms with Gasteiger partial charge in [0, 0.05) is 19.7 Å². The summed E-state index contributed by atoms with van der Waals surface area (Å²) in [6.45, 7) is 7.36. The van der Waals surface area contributed by atoms with Crippen molar-refractivity contribution in [2.45, 2.75) is 45.1 Å². The highest BCUT2D eigenvalue weighted by Crippen LogP contribution is 2.40. The summed E-state index contributed by atoms with van der Waals surface area (Å²) in [7, 11) is 0. The van der Waals surface area contributed by atoms with E-state index in [9.17, 15) is 0 Å². The SMILES string of the molecule is CCOC1CCCN(CC2(CN)CCC2)C1. The molecule has 1 saturated heterocycles. The quantitative estimate of drug-likeness (QED) is 0.774. The Morgan fingerprint density at radius 1 is 1.38 bits per heavy atom. The molecular weight excluding hydrogens is 200 g/mol. The van der Waals surface area contributed by atoms with Gasteiger partial charge in [-0.1, -0.05) is 6.42 Å². The Balaban J connectivity index is 1.80. The van der Waals surface area contributed by atoms with Crippen LogP contribution in [-0.4, -0.2) is 43.8 Å². The fraction of sp³-hybridized carbons (Fsp3) is 1.00. The number of rotatable bonds is 5. The van der Waals surface area contributed by atoms with Crippen molar-refractivity contribution in [2.75, 3.05) is 32.8 Å². The summed E-state index contributed by atoms with van der Waals surface area (Å²) in [4.78, 5) is 2.58. The van der Waals surface area contributed by atoms with Crippen molar-refractivity contribution in [3.05, 3.63) is 0 Å². The summed E-state index contributed by atoms with van der Waals surface area (Å²) in [5.41, 5.74) is 6.37. The van der Waals surface area contributed by atoms with E-state index >= 15 is 0 Å². The predicted molar refractivity (Wildman–Crippen MR) is 66.4 cm³/mol. The van der Waals surface area contributed by atoms with Crippen molar-refractivity contribution in [3.8, 4) is 0 Å². The maximum atomic E-state index is 5.92. The van der Waals surface area contributed by atoms with Crippen LogP contribution in [0.15, 0.2) is 0 Å². The molecule has 2 rings (SSSR count). The number of nitrogens with zero attached hydrogens (tertiary/aromatic N) is 1. The number of hydrogen-bond donors (Lipinski definition) is 1. The molecule has 94 valence electrons. The molecule has 0 aromatic heterocycles. The third-order valence-corrected chi connectivity index (χ3v) is 4.27. The van der Waals surface area contributed by atoms with Crippen molar-refractivity contribution >= 4 is 0 Å². The average molecular weight is 226 g/mol. The minimum atomic E-state index is 0.452. The van der Waals surface area contributed by atoms with Gasteiger partial charge in [0.15, 0.2) is 0 Å². The van der Waals surface area contributed by atoms with Crippen molar-refractivity contribution in [2.24, 2.45) is 11.1 Å². The number of ether oxygens (including phenoxy) is 1. The van der Waals surface area contributed by atoms with Gasteiger partial charge in [0.25, 0.3) is 0 Å². The number of likely N-dealkylation sites (tertiary alicyclic amines) is 1. The van der Waals surface area contributed by atoms with E-state index in [2.05, 4.69) is 11.8 Å². The smallest absolute Gasteiger partial charge is 0.0702 e. The standard InChI is InChI=1S/C13H26N2O/c1-2-16-12-5-3-8-15(9-12)11-13(10-14)6-4-7-13/h12H,2-11,14H2,1H3. The van der Waals surface area contributed by atoms with E-state index < -0.39 is 0 Å². The van der Waals surface area contributed by atoms with E-state index in [-0.39, 0.29) is 0 Å². The van der Waals surface area contributed by atoms with Crippen LogP contribution in [-0.2, 0) is 4.74 Å². The minimum Gasteiger partial charge on any atom is -0.377 e. The van der Waals surface area contributed by atoms with Crippen molar-refractivity contribution in [1.82, 2.24) is 4.90 Å². The molecule has 0 aromatic rings.